The summed E-state index contributed by atoms with van der Waals surface area (Å²) in [6.07, 6.45) is 1.49. The van der Waals surface area contributed by atoms with E-state index in [0.29, 0.717) is 5.56 Å². The van der Waals surface area contributed by atoms with Crippen molar-refractivity contribution in [2.75, 3.05) is 0 Å². The molecule has 19 heavy (non-hydrogen) atoms. The molecule has 0 N–H and O–H groups in total. The van der Waals surface area contributed by atoms with Gasteiger partial charge in [0.2, 0.25) is 0 Å². The van der Waals surface area contributed by atoms with Crippen molar-refractivity contribution in [3.63, 3.8) is 0 Å². The molecule has 96 valence electrons. The number of ketones is 1. The average Bonchev–Trinajstić information content (AvgIpc) is 2.41. The van der Waals surface area contributed by atoms with Crippen molar-refractivity contribution in [2.24, 2.45) is 0 Å². The van der Waals surface area contributed by atoms with Gasteiger partial charge in [0.05, 0.1) is 0 Å². The molecule has 0 saturated heterocycles. The average molecular weight is 337 g/mol. The zero-order valence-electron chi connectivity index (χ0n) is 9.85. The van der Waals surface area contributed by atoms with Crippen LogP contribution in [-0.2, 0) is 0 Å². The van der Waals surface area contributed by atoms with Crippen LogP contribution in [0.3, 0.4) is 0 Å². The highest BCUT2D eigenvalue weighted by atomic mass is 79.9. The van der Waals surface area contributed by atoms with E-state index in [4.69, 9.17) is 0 Å². The van der Waals surface area contributed by atoms with Gasteiger partial charge < -0.3 is 0 Å². The number of carbonyl (C=O) groups is 1. The maximum Gasteiger partial charge on any atom is 0.186 e. The third-order valence-corrected chi connectivity index (χ3v) is 3.71. The monoisotopic (exact) mass is 336 g/mol. The first-order chi connectivity index (χ1) is 9.15. The lowest BCUT2D eigenvalue weighted by molar-refractivity contribution is 0.104. The van der Waals surface area contributed by atoms with Crippen LogP contribution in [0.2, 0.25) is 0 Å². The first-order valence-electron chi connectivity index (χ1n) is 5.54. The molecule has 0 aliphatic heterocycles. The van der Waals surface area contributed by atoms with E-state index in [-0.39, 0.29) is 11.6 Å². The van der Waals surface area contributed by atoms with Crippen molar-refractivity contribution in [1.29, 1.82) is 0 Å². The van der Waals surface area contributed by atoms with E-state index in [1.807, 2.05) is 24.3 Å². The first-order valence-corrected chi connectivity index (χ1v) is 7.21. The van der Waals surface area contributed by atoms with E-state index in [1.54, 1.807) is 5.41 Å². The van der Waals surface area contributed by atoms with Gasteiger partial charge in [-0.3, -0.25) is 4.79 Å². The lowest BCUT2D eigenvalue weighted by Crippen LogP contribution is -1.93. The van der Waals surface area contributed by atoms with Crippen LogP contribution in [-0.4, -0.2) is 5.78 Å². The minimum Gasteiger partial charge on any atom is -0.289 e. The van der Waals surface area contributed by atoms with Crippen molar-refractivity contribution in [3.8, 4) is 0 Å². The summed E-state index contributed by atoms with van der Waals surface area (Å²) >= 11 is 4.82. The molecule has 0 spiro atoms. The molecule has 2 aromatic carbocycles. The fourth-order valence-corrected chi connectivity index (χ4v) is 2.30. The van der Waals surface area contributed by atoms with Gasteiger partial charge in [-0.15, -0.1) is 0 Å². The van der Waals surface area contributed by atoms with Crippen LogP contribution >= 0.6 is 27.7 Å². The molecule has 0 aliphatic rings. The first kappa shape index (κ1) is 14.0. The predicted octanol–water partition coefficient (Wildman–Crippen LogP) is 5.08. The van der Waals surface area contributed by atoms with Crippen LogP contribution in [0.15, 0.2) is 69.4 Å². The molecule has 0 aromatic heterocycles. The number of hydrogen-bond acceptors (Lipinski definition) is 2. The molecule has 0 amide bonds. The smallest absolute Gasteiger partial charge is 0.186 e. The van der Waals surface area contributed by atoms with E-state index in [9.17, 15) is 9.18 Å². The summed E-state index contributed by atoms with van der Waals surface area (Å²) in [5.41, 5.74) is 0.481. The van der Waals surface area contributed by atoms with Gasteiger partial charge in [-0.2, -0.15) is 0 Å². The summed E-state index contributed by atoms with van der Waals surface area (Å²) in [5, 5.41) is 1.73. The van der Waals surface area contributed by atoms with Crippen molar-refractivity contribution >= 4 is 33.5 Å². The molecule has 0 saturated carbocycles. The van der Waals surface area contributed by atoms with Gasteiger partial charge in [0.1, 0.15) is 5.82 Å². The minimum atomic E-state index is -0.343. The Hall–Kier alpha value is -1.39. The SMILES string of the molecule is O=C(/C=C/Sc1ccc(Br)cc1)c1ccc(F)cc1. The van der Waals surface area contributed by atoms with Crippen molar-refractivity contribution in [2.45, 2.75) is 4.90 Å². The number of carbonyl (C=O) groups excluding carboxylic acids is 1. The summed E-state index contributed by atoms with van der Waals surface area (Å²) in [4.78, 5) is 12.8. The van der Waals surface area contributed by atoms with Gasteiger partial charge in [0.15, 0.2) is 5.78 Å². The van der Waals surface area contributed by atoms with Gasteiger partial charge in [-0.05, 0) is 60.0 Å². The zero-order chi connectivity index (χ0) is 13.7. The molecule has 0 atom stereocenters. The fourth-order valence-electron chi connectivity index (χ4n) is 1.40. The zero-order valence-corrected chi connectivity index (χ0v) is 12.2. The van der Waals surface area contributed by atoms with Gasteiger partial charge in [-0.25, -0.2) is 4.39 Å². The number of rotatable bonds is 4. The van der Waals surface area contributed by atoms with Crippen molar-refractivity contribution in [3.05, 3.63) is 75.9 Å². The molecule has 0 fully saturated rings. The minimum absolute atomic E-state index is 0.135. The molecular formula is C15H10BrFOS. The summed E-state index contributed by atoms with van der Waals surface area (Å²) in [7, 11) is 0. The van der Waals surface area contributed by atoms with Crippen LogP contribution in [0.5, 0.6) is 0 Å². The Bertz CT molecular complexity index is 591. The maximum atomic E-state index is 12.7. The van der Waals surface area contributed by atoms with Crippen LogP contribution in [0.1, 0.15) is 10.4 Å². The Morgan fingerprint density at radius 2 is 1.68 bits per heavy atom. The largest absolute Gasteiger partial charge is 0.289 e. The summed E-state index contributed by atoms with van der Waals surface area (Å²) in [6, 6.07) is 13.3. The number of hydrogen-bond donors (Lipinski definition) is 0. The highest BCUT2D eigenvalue weighted by molar-refractivity contribution is 9.10. The van der Waals surface area contributed by atoms with Crippen LogP contribution in [0, 0.1) is 5.82 Å². The van der Waals surface area contributed by atoms with E-state index in [0.717, 1.165) is 9.37 Å². The van der Waals surface area contributed by atoms with Gasteiger partial charge in [0.25, 0.3) is 0 Å². The fraction of sp³-hybridized carbons (Fsp3) is 0. The van der Waals surface area contributed by atoms with Crippen molar-refractivity contribution < 1.29 is 9.18 Å². The summed E-state index contributed by atoms with van der Waals surface area (Å²) < 4.78 is 13.7. The predicted molar refractivity (Wildman–Crippen MR) is 79.9 cm³/mol. The Balaban J connectivity index is 1.97. The van der Waals surface area contributed by atoms with Gasteiger partial charge in [-0.1, -0.05) is 27.7 Å². The second-order valence-electron chi connectivity index (χ2n) is 3.75. The van der Waals surface area contributed by atoms with Crippen molar-refractivity contribution in [1.82, 2.24) is 0 Å². The van der Waals surface area contributed by atoms with Crippen LogP contribution in [0.25, 0.3) is 0 Å². The highest BCUT2D eigenvalue weighted by Gasteiger charge is 2.01. The highest BCUT2D eigenvalue weighted by Crippen LogP contribution is 2.21. The molecule has 4 heteroatoms. The molecule has 2 rings (SSSR count). The Morgan fingerprint density at radius 1 is 1.05 bits per heavy atom. The molecule has 0 unspecified atom stereocenters. The molecule has 1 nitrogen and oxygen atoms in total. The summed E-state index contributed by atoms with van der Waals surface area (Å²) in [5.74, 6) is -0.477. The van der Waals surface area contributed by atoms with Crippen LogP contribution < -0.4 is 0 Å². The quantitative estimate of drug-likeness (QED) is 0.440. The van der Waals surface area contributed by atoms with E-state index < -0.39 is 0 Å². The molecular weight excluding hydrogens is 327 g/mol. The Labute approximate surface area is 123 Å². The Morgan fingerprint density at radius 3 is 2.32 bits per heavy atom. The second-order valence-corrected chi connectivity index (χ2v) is 5.64. The number of allylic oxidation sites excluding steroid dienone is 1. The van der Waals surface area contributed by atoms with Crippen LogP contribution in [0.4, 0.5) is 4.39 Å². The standard InChI is InChI=1S/C15H10BrFOS/c16-12-3-7-14(8-4-12)19-10-9-15(18)11-1-5-13(17)6-2-11/h1-10H/b10-9+. The second kappa shape index (κ2) is 6.68. The molecule has 0 bridgehead atoms. The maximum absolute atomic E-state index is 12.7. The Kier molecular flexibility index (Phi) is 4.93. The molecule has 0 heterocycles. The lowest BCUT2D eigenvalue weighted by atomic mass is 10.1. The molecule has 0 aliphatic carbocycles. The van der Waals surface area contributed by atoms with E-state index in [1.165, 1.54) is 42.1 Å². The molecule has 2 aromatic rings. The number of halogens is 2. The van der Waals surface area contributed by atoms with Gasteiger partial charge >= 0.3 is 0 Å². The van der Waals surface area contributed by atoms with Gasteiger partial charge in [0, 0.05) is 14.9 Å². The number of thioether (sulfide) groups is 1. The molecule has 0 radical (unpaired) electrons. The third kappa shape index (κ3) is 4.33. The topological polar surface area (TPSA) is 17.1 Å². The summed E-state index contributed by atoms with van der Waals surface area (Å²) in [6.45, 7) is 0. The number of benzene rings is 2. The van der Waals surface area contributed by atoms with E-state index >= 15 is 0 Å². The lowest BCUT2D eigenvalue weighted by Gasteiger charge is -1.97. The van der Waals surface area contributed by atoms with E-state index in [2.05, 4.69) is 15.9 Å². The third-order valence-electron chi connectivity index (χ3n) is 2.37. The normalized spacial score (nSPS) is 10.8.